The van der Waals surface area contributed by atoms with E-state index in [0.717, 1.165) is 0 Å². The van der Waals surface area contributed by atoms with E-state index in [1.54, 1.807) is 0 Å². The molecule has 3 aliphatic rings. The molecule has 51 heavy (non-hydrogen) atoms. The summed E-state index contributed by atoms with van der Waals surface area (Å²) in [5.74, 6) is 0. The lowest BCUT2D eigenvalue weighted by molar-refractivity contribution is 0.660. The highest BCUT2D eigenvalue weighted by Crippen LogP contribution is 2.65. The van der Waals surface area contributed by atoms with E-state index >= 15 is 0 Å². The zero-order valence-electron chi connectivity index (χ0n) is 60.4. The molecule has 1 heteroatoms. The third-order valence-corrected chi connectivity index (χ3v) is 9.37. The molecule has 0 aromatic heterocycles. The van der Waals surface area contributed by atoms with Crippen molar-refractivity contribution in [2.75, 3.05) is 4.90 Å². The summed E-state index contributed by atoms with van der Waals surface area (Å²) in [5.41, 5.74) is -23.1. The second-order valence-electron chi connectivity index (χ2n) is 11.8. The van der Waals surface area contributed by atoms with Crippen molar-refractivity contribution < 1.29 is 48.0 Å². The number of hydrogen-bond donors (Lipinski definition) is 0. The average Bonchev–Trinajstić information content (AvgIpc) is 1.70. The van der Waals surface area contributed by atoms with Crippen LogP contribution in [-0.4, -0.2) is 0 Å². The maximum Gasteiger partial charge on any atom is 0.0746 e. The van der Waals surface area contributed by atoms with Crippen LogP contribution in [0.2, 0.25) is 0 Å². The lowest BCUT2D eigenvalue weighted by atomic mass is 9.70. The molecule has 8 aromatic rings. The molecule has 0 N–H and O–H groups in total. The van der Waals surface area contributed by atoms with Crippen LogP contribution in [0.4, 0.5) is 17.1 Å². The Morgan fingerprint density at radius 3 is 1.61 bits per heavy atom. The monoisotopic (exact) mass is 684 g/mol. The lowest BCUT2D eigenvalue weighted by Gasteiger charge is -2.36. The van der Waals surface area contributed by atoms with Crippen molar-refractivity contribution in [2.24, 2.45) is 0 Å². The van der Waals surface area contributed by atoms with Gasteiger partial charge in [-0.1, -0.05) is 165 Å². The molecule has 1 nitrogen and oxygen atoms in total. The number of benzene rings is 8. The van der Waals surface area contributed by atoms with Crippen LogP contribution in [-0.2, 0) is 10.8 Å². The Hall–Kier alpha value is -6.18. The molecule has 0 radical (unpaired) electrons. The normalized spacial score (nSPS) is 25.0. The molecule has 0 saturated carbocycles. The van der Waals surface area contributed by atoms with Gasteiger partial charge in [-0.25, -0.2) is 0 Å². The van der Waals surface area contributed by atoms with E-state index in [4.69, 9.17) is 27.4 Å². The van der Waals surface area contributed by atoms with Gasteiger partial charge in [-0.3, -0.25) is 0 Å². The summed E-state index contributed by atoms with van der Waals surface area (Å²) in [6.45, 7) is -8.24. The standard InChI is InChI=1S/C50H35N/c1-49(2)41-23-9-5-18-35(41)39-30-29-33(31-45(39)49)51(46-27-13-16-32-15-3-4-17-34(32)46)47-28-14-22-40-38-21-8-12-26-44(38)50(48(40)47)42-24-10-6-19-36(42)37-20-7-11-25-43(37)50/h3-31H,1-2H3/i1D3,2D3,3D,4D,5D,6D,7D,8D,9D,10D,11D,12D,13D,14D,15D,16D,17D,18D,19D,20D,21D,22D,23D,24D,25D,26D,27D,28D,29D,30D,31D. The highest BCUT2D eigenvalue weighted by molar-refractivity contribution is 6.04. The smallest absolute Gasteiger partial charge is 0.0746 e. The lowest BCUT2D eigenvalue weighted by Crippen LogP contribution is -2.28. The minimum atomic E-state index is -4.12. The molecule has 0 atom stereocenters. The molecular formula is C50H35N. The van der Waals surface area contributed by atoms with Gasteiger partial charge < -0.3 is 4.90 Å². The van der Waals surface area contributed by atoms with Crippen LogP contribution in [0, 0.1) is 0 Å². The zero-order valence-corrected chi connectivity index (χ0v) is 25.4. The predicted molar refractivity (Wildman–Crippen MR) is 212 cm³/mol. The number of nitrogens with zero attached hydrogens (tertiary/aromatic N) is 1. The molecule has 0 amide bonds. The zero-order chi connectivity index (χ0) is 64.1. The third-order valence-electron chi connectivity index (χ3n) is 9.37. The van der Waals surface area contributed by atoms with Crippen molar-refractivity contribution in [1.82, 2.24) is 0 Å². The molecule has 3 aliphatic carbocycles. The van der Waals surface area contributed by atoms with Crippen LogP contribution in [0.3, 0.4) is 0 Å². The van der Waals surface area contributed by atoms with Crippen molar-refractivity contribution in [2.45, 2.75) is 24.5 Å². The maximum absolute atomic E-state index is 10.4. The fourth-order valence-electron chi connectivity index (χ4n) is 7.40. The van der Waals surface area contributed by atoms with Gasteiger partial charge in [-0.05, 0) is 90.8 Å². The molecule has 0 bridgehead atoms. The minimum Gasteiger partial charge on any atom is -0.310 e. The van der Waals surface area contributed by atoms with Crippen LogP contribution in [0.25, 0.3) is 44.2 Å². The Kier molecular flexibility index (Phi) is 2.13. The van der Waals surface area contributed by atoms with Gasteiger partial charge in [0.1, 0.15) is 0 Å². The van der Waals surface area contributed by atoms with Crippen LogP contribution in [0.5, 0.6) is 0 Å². The first-order chi connectivity index (χ1) is 39.6. The minimum absolute atomic E-state index is 0.255. The summed E-state index contributed by atoms with van der Waals surface area (Å²) in [7, 11) is 0. The number of rotatable bonds is 3. The highest BCUT2D eigenvalue weighted by Gasteiger charge is 2.53. The van der Waals surface area contributed by atoms with Gasteiger partial charge in [-0.2, -0.15) is 0 Å². The van der Waals surface area contributed by atoms with E-state index in [2.05, 4.69) is 0 Å². The van der Waals surface area contributed by atoms with Gasteiger partial charge in [0.2, 0.25) is 0 Å². The Morgan fingerprint density at radius 2 is 0.922 bits per heavy atom. The van der Waals surface area contributed by atoms with Crippen molar-refractivity contribution in [1.29, 1.82) is 0 Å². The van der Waals surface area contributed by atoms with Crippen molar-refractivity contribution in [3.05, 3.63) is 209 Å². The average molecular weight is 685 g/mol. The molecule has 0 saturated heterocycles. The fourth-order valence-corrected chi connectivity index (χ4v) is 7.40. The summed E-state index contributed by atoms with van der Waals surface area (Å²) in [5, 5.41) is -2.02. The van der Waals surface area contributed by atoms with Gasteiger partial charge in [0.05, 0.1) is 56.5 Å². The summed E-state index contributed by atoms with van der Waals surface area (Å²) >= 11 is 0. The van der Waals surface area contributed by atoms with E-state index < -0.39 is 294 Å². The topological polar surface area (TPSA) is 3.24 Å². The van der Waals surface area contributed by atoms with E-state index in [0.29, 0.717) is 0 Å². The summed E-state index contributed by atoms with van der Waals surface area (Å²) in [4.78, 5) is 0.255. The molecule has 240 valence electrons. The van der Waals surface area contributed by atoms with E-state index in [9.17, 15) is 20.6 Å². The third kappa shape index (κ3) is 3.60. The molecule has 8 aromatic carbocycles. The van der Waals surface area contributed by atoms with Crippen LogP contribution >= 0.6 is 0 Å². The number of anilines is 3. The predicted octanol–water partition coefficient (Wildman–Crippen LogP) is 13.0. The first-order valence-corrected chi connectivity index (χ1v) is 15.2. The SMILES string of the molecule is [2H]c1c([2H])c([2H])c2c(c1[2H])-c1c([2H])c([2H])c([2H])c([2H])c1C21c2c([2H])c([2H])c([2H])c([2H])c2-c2c([2H])c([2H])c([2H])c(N(c3c([2H])c([2H])c4c(c3[2H])C(C([2H])([2H])[2H])(C([2H])([2H])[2H])c3c([2H])c([2H])c([2H])c([2H])c3-4)c3c([2H])c([2H])c([2H])c4c([2H])c([2H])c([2H])c([2H])c34)c21. The Labute approximate surface area is 348 Å². The summed E-state index contributed by atoms with van der Waals surface area (Å²) in [6.07, 6.45) is 0. The Bertz CT molecular complexity index is 4490. The highest BCUT2D eigenvalue weighted by atomic mass is 15.1. The van der Waals surface area contributed by atoms with E-state index in [1.165, 1.54) is 0 Å². The second-order valence-corrected chi connectivity index (χ2v) is 11.8. The molecular weight excluding hydrogens is 615 g/mol. The first kappa shape index (κ1) is 10.7. The molecule has 0 heterocycles. The van der Waals surface area contributed by atoms with Gasteiger partial charge >= 0.3 is 0 Å². The quantitative estimate of drug-likeness (QED) is 0.179. The van der Waals surface area contributed by atoms with Crippen LogP contribution in [0.1, 0.15) is 95.1 Å². The maximum atomic E-state index is 10.4. The molecule has 11 rings (SSSR count). The van der Waals surface area contributed by atoms with Crippen molar-refractivity contribution in [3.63, 3.8) is 0 Å². The summed E-state index contributed by atoms with van der Waals surface area (Å²) < 4.78 is 327. The van der Waals surface area contributed by atoms with E-state index in [1.807, 2.05) is 0 Å². The van der Waals surface area contributed by atoms with Crippen LogP contribution < -0.4 is 4.90 Å². The Morgan fingerprint density at radius 1 is 0.431 bits per heavy atom. The Balaban J connectivity index is 1.55. The van der Waals surface area contributed by atoms with Crippen LogP contribution in [0.15, 0.2) is 175 Å². The second kappa shape index (κ2) is 10.2. The molecule has 0 unspecified atom stereocenters. The van der Waals surface area contributed by atoms with E-state index in [-0.39, 0.29) is 4.90 Å². The van der Waals surface area contributed by atoms with Gasteiger partial charge in [0.25, 0.3) is 0 Å². The first-order valence-electron chi connectivity index (χ1n) is 32.7. The van der Waals surface area contributed by atoms with Gasteiger partial charge in [0.15, 0.2) is 0 Å². The largest absolute Gasteiger partial charge is 0.310 e. The fraction of sp³-hybridized carbons (Fsp3) is 0.0800. The van der Waals surface area contributed by atoms with Gasteiger partial charge in [-0.15, -0.1) is 0 Å². The van der Waals surface area contributed by atoms with Gasteiger partial charge in [0, 0.05) is 30.3 Å². The molecule has 1 spiro atoms. The molecule has 0 fully saturated rings. The molecule has 0 aliphatic heterocycles. The van der Waals surface area contributed by atoms with Crippen molar-refractivity contribution >= 4 is 27.8 Å². The number of hydrogen-bond acceptors (Lipinski definition) is 1. The number of fused-ring (bicyclic) bond motifs is 14. The summed E-state index contributed by atoms with van der Waals surface area (Å²) in [6, 6.07) is -35.0. The van der Waals surface area contributed by atoms with Crippen molar-refractivity contribution in [3.8, 4) is 33.4 Å².